The second-order valence-corrected chi connectivity index (χ2v) is 7.83. The molecule has 5 nitrogen and oxygen atoms in total. The van der Waals surface area contributed by atoms with Crippen LogP contribution in [0.5, 0.6) is 5.75 Å². The first kappa shape index (κ1) is 17.0. The van der Waals surface area contributed by atoms with Crippen LogP contribution >= 0.6 is 0 Å². The summed E-state index contributed by atoms with van der Waals surface area (Å²) in [6.07, 6.45) is 4.38. The molecule has 1 aliphatic carbocycles. The van der Waals surface area contributed by atoms with Crippen molar-refractivity contribution in [2.75, 3.05) is 0 Å². The van der Waals surface area contributed by atoms with E-state index < -0.39 is 0 Å². The molecule has 130 valence electrons. The van der Waals surface area contributed by atoms with Crippen LogP contribution in [0, 0.1) is 0 Å². The lowest BCUT2D eigenvalue weighted by Gasteiger charge is -2.24. The van der Waals surface area contributed by atoms with Crippen LogP contribution in [-0.4, -0.2) is 21.2 Å². The van der Waals surface area contributed by atoms with Crippen molar-refractivity contribution in [3.05, 3.63) is 41.5 Å². The first-order valence-electron chi connectivity index (χ1n) is 8.82. The fourth-order valence-electron chi connectivity index (χ4n) is 3.22. The Balaban J connectivity index is 1.57. The number of aromatic nitrogens is 3. The number of ether oxygens (including phenoxy) is 1. The molecule has 2 aromatic rings. The van der Waals surface area contributed by atoms with Gasteiger partial charge in [-0.15, -0.1) is 0 Å². The Bertz CT molecular complexity index is 657. The topological polar surface area (TPSA) is 76.8 Å². The van der Waals surface area contributed by atoms with E-state index in [0.29, 0.717) is 12.5 Å². The minimum atomic E-state index is 0.152. The quantitative estimate of drug-likeness (QED) is 0.898. The molecule has 1 heterocycles. The van der Waals surface area contributed by atoms with Crippen LogP contribution in [0.3, 0.4) is 0 Å². The minimum absolute atomic E-state index is 0.152. The molecule has 0 amide bonds. The highest BCUT2D eigenvalue weighted by Crippen LogP contribution is 2.30. The summed E-state index contributed by atoms with van der Waals surface area (Å²) >= 11 is 0. The highest BCUT2D eigenvalue weighted by molar-refractivity contribution is 5.31. The van der Waals surface area contributed by atoms with Crippen molar-refractivity contribution < 1.29 is 4.74 Å². The lowest BCUT2D eigenvalue weighted by atomic mass is 9.86. The van der Waals surface area contributed by atoms with Gasteiger partial charge >= 0.3 is 0 Å². The van der Waals surface area contributed by atoms with Crippen molar-refractivity contribution in [2.24, 2.45) is 5.73 Å². The molecule has 3 rings (SSSR count). The molecule has 5 heteroatoms. The molecule has 1 saturated carbocycles. The van der Waals surface area contributed by atoms with Crippen LogP contribution in [-0.2, 0) is 12.0 Å². The number of rotatable bonds is 4. The largest absolute Gasteiger partial charge is 0.486 e. The Kier molecular flexibility index (Phi) is 4.90. The van der Waals surface area contributed by atoms with Gasteiger partial charge in [-0.25, -0.2) is 4.98 Å². The van der Waals surface area contributed by atoms with Gasteiger partial charge in [-0.3, -0.25) is 5.10 Å². The van der Waals surface area contributed by atoms with E-state index in [9.17, 15) is 0 Å². The monoisotopic (exact) mass is 328 g/mol. The zero-order valence-electron chi connectivity index (χ0n) is 14.9. The SMILES string of the molecule is CC(C)(C)c1ccc(OCc2nc([C@@H]3CCC[C@H](N)C3)n[nH]2)cc1. The Labute approximate surface area is 144 Å². The first-order chi connectivity index (χ1) is 11.4. The number of H-pyrrole nitrogens is 1. The zero-order chi connectivity index (χ0) is 17.2. The van der Waals surface area contributed by atoms with Crippen molar-refractivity contribution in [3.8, 4) is 5.75 Å². The van der Waals surface area contributed by atoms with E-state index in [0.717, 1.165) is 43.1 Å². The standard InChI is InChI=1S/C19H28N4O/c1-19(2,3)14-7-9-16(10-8-14)24-12-17-21-18(23-22-17)13-5-4-6-15(20)11-13/h7-10,13,15H,4-6,11-12,20H2,1-3H3,(H,21,22,23)/t13-,15+/m1/s1. The van der Waals surface area contributed by atoms with Gasteiger partial charge in [0.05, 0.1) is 0 Å². The molecule has 1 aromatic carbocycles. The van der Waals surface area contributed by atoms with Gasteiger partial charge < -0.3 is 10.5 Å². The second-order valence-electron chi connectivity index (χ2n) is 7.83. The predicted octanol–water partition coefficient (Wildman–Crippen LogP) is 3.67. The number of hydrogen-bond acceptors (Lipinski definition) is 4. The molecular weight excluding hydrogens is 300 g/mol. The predicted molar refractivity (Wildman–Crippen MR) is 95.0 cm³/mol. The molecule has 0 saturated heterocycles. The summed E-state index contributed by atoms with van der Waals surface area (Å²) in [6, 6.07) is 8.54. The molecule has 1 aliphatic rings. The van der Waals surface area contributed by atoms with Gasteiger partial charge in [-0.05, 0) is 42.4 Å². The van der Waals surface area contributed by atoms with E-state index in [-0.39, 0.29) is 11.5 Å². The molecule has 0 spiro atoms. The molecule has 1 aromatic heterocycles. The van der Waals surface area contributed by atoms with Crippen molar-refractivity contribution in [3.63, 3.8) is 0 Å². The summed E-state index contributed by atoms with van der Waals surface area (Å²) in [5, 5.41) is 7.36. The van der Waals surface area contributed by atoms with Gasteiger partial charge in [-0.2, -0.15) is 5.10 Å². The summed E-state index contributed by atoms with van der Waals surface area (Å²) in [6.45, 7) is 7.02. The molecule has 3 N–H and O–H groups in total. The molecule has 2 atom stereocenters. The number of hydrogen-bond donors (Lipinski definition) is 2. The second kappa shape index (κ2) is 6.93. The molecule has 0 aliphatic heterocycles. The average molecular weight is 328 g/mol. The van der Waals surface area contributed by atoms with E-state index in [2.05, 4.69) is 48.1 Å². The number of nitrogens with two attached hydrogens (primary N) is 1. The number of benzene rings is 1. The number of aromatic amines is 1. The summed E-state index contributed by atoms with van der Waals surface area (Å²) in [4.78, 5) is 4.59. The van der Waals surface area contributed by atoms with Crippen LogP contribution in [0.2, 0.25) is 0 Å². The van der Waals surface area contributed by atoms with Crippen LogP contribution in [0.25, 0.3) is 0 Å². The number of nitrogens with one attached hydrogen (secondary N) is 1. The minimum Gasteiger partial charge on any atom is -0.486 e. The van der Waals surface area contributed by atoms with Crippen LogP contribution in [0.4, 0.5) is 0 Å². The molecule has 0 bridgehead atoms. The highest BCUT2D eigenvalue weighted by Gasteiger charge is 2.24. The van der Waals surface area contributed by atoms with E-state index in [1.807, 2.05) is 12.1 Å². The smallest absolute Gasteiger partial charge is 0.162 e. The first-order valence-corrected chi connectivity index (χ1v) is 8.82. The fourth-order valence-corrected chi connectivity index (χ4v) is 3.22. The van der Waals surface area contributed by atoms with Crippen LogP contribution in [0.1, 0.15) is 69.6 Å². The van der Waals surface area contributed by atoms with Gasteiger partial charge in [0, 0.05) is 12.0 Å². The maximum atomic E-state index is 6.06. The van der Waals surface area contributed by atoms with Gasteiger partial charge in [0.25, 0.3) is 0 Å². The van der Waals surface area contributed by atoms with Crippen LogP contribution < -0.4 is 10.5 Å². The van der Waals surface area contributed by atoms with Gasteiger partial charge in [0.1, 0.15) is 12.4 Å². The summed E-state index contributed by atoms with van der Waals surface area (Å²) < 4.78 is 5.82. The maximum Gasteiger partial charge on any atom is 0.162 e. The number of nitrogens with zero attached hydrogens (tertiary/aromatic N) is 2. The highest BCUT2D eigenvalue weighted by atomic mass is 16.5. The zero-order valence-corrected chi connectivity index (χ0v) is 14.9. The van der Waals surface area contributed by atoms with Gasteiger partial charge in [0.15, 0.2) is 11.6 Å². The molecule has 0 radical (unpaired) electrons. The maximum absolute atomic E-state index is 6.06. The van der Waals surface area contributed by atoms with E-state index in [4.69, 9.17) is 10.5 Å². The molecular formula is C19H28N4O. The Morgan fingerprint density at radius 3 is 2.62 bits per heavy atom. The molecule has 1 fully saturated rings. The van der Waals surface area contributed by atoms with Crippen LogP contribution in [0.15, 0.2) is 24.3 Å². The van der Waals surface area contributed by atoms with Gasteiger partial charge in [0.2, 0.25) is 0 Å². The average Bonchev–Trinajstić information content (AvgIpc) is 3.01. The third-order valence-corrected chi connectivity index (χ3v) is 4.72. The van der Waals surface area contributed by atoms with Crippen molar-refractivity contribution in [1.29, 1.82) is 0 Å². The van der Waals surface area contributed by atoms with Crippen molar-refractivity contribution in [2.45, 2.75) is 70.4 Å². The molecule has 0 unspecified atom stereocenters. The fraction of sp³-hybridized carbons (Fsp3) is 0.579. The lowest BCUT2D eigenvalue weighted by Crippen LogP contribution is -2.27. The van der Waals surface area contributed by atoms with E-state index in [1.54, 1.807) is 0 Å². The van der Waals surface area contributed by atoms with E-state index in [1.165, 1.54) is 5.56 Å². The van der Waals surface area contributed by atoms with Crippen molar-refractivity contribution >= 4 is 0 Å². The van der Waals surface area contributed by atoms with Gasteiger partial charge in [-0.1, -0.05) is 39.3 Å². The lowest BCUT2D eigenvalue weighted by molar-refractivity contribution is 0.296. The molecule has 24 heavy (non-hydrogen) atoms. The Morgan fingerprint density at radius 1 is 1.21 bits per heavy atom. The Morgan fingerprint density at radius 2 is 1.96 bits per heavy atom. The normalized spacial score (nSPS) is 21.7. The Hall–Kier alpha value is -1.88. The third kappa shape index (κ3) is 4.15. The summed E-state index contributed by atoms with van der Waals surface area (Å²) in [7, 11) is 0. The van der Waals surface area contributed by atoms with E-state index >= 15 is 0 Å². The van der Waals surface area contributed by atoms with Crippen molar-refractivity contribution in [1.82, 2.24) is 15.2 Å². The third-order valence-electron chi connectivity index (χ3n) is 4.72. The summed E-state index contributed by atoms with van der Waals surface area (Å²) in [5.41, 5.74) is 7.50. The summed E-state index contributed by atoms with van der Waals surface area (Å²) in [5.74, 6) is 2.88.